The summed E-state index contributed by atoms with van der Waals surface area (Å²) in [5.41, 5.74) is 0.299. The zero-order valence-corrected chi connectivity index (χ0v) is 11.5. The molecule has 2 aromatic rings. The van der Waals surface area contributed by atoms with Crippen molar-refractivity contribution in [2.24, 2.45) is 0 Å². The first-order valence-corrected chi connectivity index (χ1v) is 6.73. The second kappa shape index (κ2) is 5.98. The van der Waals surface area contributed by atoms with E-state index in [2.05, 4.69) is 0 Å². The number of nitrogens with zero attached hydrogens (tertiary/aromatic N) is 1. The Morgan fingerprint density at radius 3 is 2.75 bits per heavy atom. The number of thioether (sulfide) groups is 1. The Morgan fingerprint density at radius 2 is 2.15 bits per heavy atom. The first-order valence-electron chi connectivity index (χ1n) is 5.36. The van der Waals surface area contributed by atoms with Gasteiger partial charge in [-0.15, -0.1) is 0 Å². The number of carboxylic acids is 1. The first kappa shape index (κ1) is 14.4. The molecule has 0 saturated heterocycles. The lowest BCUT2D eigenvalue weighted by atomic mass is 10.2. The highest BCUT2D eigenvalue weighted by Crippen LogP contribution is 2.33. The summed E-state index contributed by atoms with van der Waals surface area (Å²) in [5.74, 6) is -1.13. The van der Waals surface area contributed by atoms with Crippen molar-refractivity contribution in [2.45, 2.75) is 10.8 Å². The van der Waals surface area contributed by atoms with Crippen LogP contribution in [0.1, 0.15) is 16.1 Å². The maximum absolute atomic E-state index is 10.9. The Hall–Kier alpha value is -1.99. The molecule has 1 aromatic carbocycles. The quantitative estimate of drug-likeness (QED) is 0.512. The van der Waals surface area contributed by atoms with Crippen molar-refractivity contribution in [3.05, 3.63) is 56.8 Å². The number of nitro groups is 1. The lowest BCUT2D eigenvalue weighted by molar-refractivity contribution is -0.385. The van der Waals surface area contributed by atoms with Gasteiger partial charge in [-0.1, -0.05) is 29.4 Å². The van der Waals surface area contributed by atoms with E-state index in [-0.39, 0.29) is 22.2 Å². The van der Waals surface area contributed by atoms with Gasteiger partial charge in [-0.25, -0.2) is 4.79 Å². The lowest BCUT2D eigenvalue weighted by Gasteiger charge is -2.03. The van der Waals surface area contributed by atoms with Gasteiger partial charge >= 0.3 is 5.97 Å². The average Bonchev–Trinajstić information content (AvgIpc) is 2.86. The van der Waals surface area contributed by atoms with E-state index in [4.69, 9.17) is 21.1 Å². The minimum atomic E-state index is -1.17. The molecule has 0 unspecified atom stereocenters. The van der Waals surface area contributed by atoms with Crippen molar-refractivity contribution in [2.75, 3.05) is 0 Å². The fraction of sp³-hybridized carbons (Fsp3) is 0.0833. The topological polar surface area (TPSA) is 93.6 Å². The van der Waals surface area contributed by atoms with E-state index in [1.54, 1.807) is 6.07 Å². The summed E-state index contributed by atoms with van der Waals surface area (Å²) in [4.78, 5) is 21.1. The highest BCUT2D eigenvalue weighted by atomic mass is 35.5. The van der Waals surface area contributed by atoms with Gasteiger partial charge in [0.2, 0.25) is 5.76 Å². The molecule has 0 atom stereocenters. The molecule has 104 valence electrons. The Morgan fingerprint density at radius 1 is 1.40 bits per heavy atom. The van der Waals surface area contributed by atoms with Crippen LogP contribution in [0.5, 0.6) is 0 Å². The number of nitro benzene ring substituents is 1. The summed E-state index contributed by atoms with van der Waals surface area (Å²) in [6, 6.07) is 7.26. The van der Waals surface area contributed by atoms with E-state index >= 15 is 0 Å². The zero-order chi connectivity index (χ0) is 14.7. The fourth-order valence-electron chi connectivity index (χ4n) is 1.52. The third-order valence-electron chi connectivity index (χ3n) is 2.44. The number of furan rings is 1. The molecule has 1 heterocycles. The molecule has 0 amide bonds. The third kappa shape index (κ3) is 3.12. The molecular formula is C12H8ClNO5S. The van der Waals surface area contributed by atoms with Crippen LogP contribution >= 0.6 is 23.4 Å². The van der Waals surface area contributed by atoms with Crippen LogP contribution in [0, 0.1) is 10.1 Å². The first-order chi connectivity index (χ1) is 9.49. The SMILES string of the molecule is O=C(O)c1ccc(SCc2c(Cl)cccc2[N+](=O)[O-])o1. The third-order valence-corrected chi connectivity index (χ3v) is 3.73. The number of halogens is 1. The van der Waals surface area contributed by atoms with Crippen molar-refractivity contribution >= 4 is 35.0 Å². The van der Waals surface area contributed by atoms with Crippen LogP contribution in [0.15, 0.2) is 39.8 Å². The van der Waals surface area contributed by atoms with Crippen LogP contribution in [0.2, 0.25) is 5.02 Å². The standard InChI is InChI=1S/C12H8ClNO5S/c13-8-2-1-3-9(14(17)18)7(8)6-20-11-5-4-10(19-11)12(15)16/h1-5H,6H2,(H,15,16). The maximum atomic E-state index is 10.9. The van der Waals surface area contributed by atoms with E-state index in [0.29, 0.717) is 10.7 Å². The molecule has 20 heavy (non-hydrogen) atoms. The number of aromatic carboxylic acids is 1. The zero-order valence-electron chi connectivity index (χ0n) is 9.91. The molecule has 0 aliphatic heterocycles. The number of carbonyl (C=O) groups is 1. The van der Waals surface area contributed by atoms with Crippen molar-refractivity contribution in [1.29, 1.82) is 0 Å². The van der Waals surface area contributed by atoms with Crippen molar-refractivity contribution in [3.63, 3.8) is 0 Å². The van der Waals surface area contributed by atoms with E-state index in [1.165, 1.54) is 24.3 Å². The molecule has 0 fully saturated rings. The minimum absolute atomic E-state index is 0.0741. The van der Waals surface area contributed by atoms with E-state index in [0.717, 1.165) is 11.8 Å². The van der Waals surface area contributed by atoms with Crippen molar-refractivity contribution in [3.8, 4) is 0 Å². The average molecular weight is 314 g/mol. The Kier molecular flexibility index (Phi) is 4.31. The monoisotopic (exact) mass is 313 g/mol. The number of carboxylic acid groups (broad SMARTS) is 1. The van der Waals surface area contributed by atoms with Crippen LogP contribution in [0.4, 0.5) is 5.69 Å². The predicted octanol–water partition coefficient (Wildman–Crippen LogP) is 3.83. The van der Waals surface area contributed by atoms with Crippen LogP contribution in [0.25, 0.3) is 0 Å². The van der Waals surface area contributed by atoms with Gasteiger partial charge in [0.15, 0.2) is 5.09 Å². The number of benzene rings is 1. The summed E-state index contributed by atoms with van der Waals surface area (Å²) in [5, 5.41) is 20.3. The highest BCUT2D eigenvalue weighted by Gasteiger charge is 2.17. The van der Waals surface area contributed by atoms with Crippen molar-refractivity contribution < 1.29 is 19.2 Å². The molecule has 0 aliphatic carbocycles. The molecule has 0 saturated carbocycles. The molecular weight excluding hydrogens is 306 g/mol. The van der Waals surface area contributed by atoms with Gasteiger partial charge in [-0.05, 0) is 18.2 Å². The molecule has 6 nitrogen and oxygen atoms in total. The van der Waals surface area contributed by atoms with Gasteiger partial charge in [-0.2, -0.15) is 0 Å². The molecule has 1 N–H and O–H groups in total. The van der Waals surface area contributed by atoms with Gasteiger partial charge in [0.05, 0.1) is 15.5 Å². The second-order valence-corrected chi connectivity index (χ2v) is 5.09. The van der Waals surface area contributed by atoms with Crippen LogP contribution in [-0.2, 0) is 5.75 Å². The molecule has 0 aliphatic rings. The van der Waals surface area contributed by atoms with Crippen LogP contribution in [0.3, 0.4) is 0 Å². The van der Waals surface area contributed by atoms with E-state index in [9.17, 15) is 14.9 Å². The van der Waals surface area contributed by atoms with E-state index in [1.807, 2.05) is 0 Å². The normalized spacial score (nSPS) is 10.4. The van der Waals surface area contributed by atoms with Gasteiger partial charge in [0.1, 0.15) is 0 Å². The summed E-state index contributed by atoms with van der Waals surface area (Å²) in [6.45, 7) is 0. The number of rotatable bonds is 5. The highest BCUT2D eigenvalue weighted by molar-refractivity contribution is 7.98. The Bertz CT molecular complexity index is 670. The lowest BCUT2D eigenvalue weighted by Crippen LogP contribution is -1.94. The summed E-state index contributed by atoms with van der Waals surface area (Å²) >= 11 is 7.09. The number of hydrogen-bond donors (Lipinski definition) is 1. The van der Waals surface area contributed by atoms with Gasteiger partial charge in [0.25, 0.3) is 5.69 Å². The summed E-state index contributed by atoms with van der Waals surface area (Å²) in [7, 11) is 0. The molecule has 2 rings (SSSR count). The molecule has 1 aromatic heterocycles. The molecule has 8 heteroatoms. The van der Waals surface area contributed by atoms with Crippen molar-refractivity contribution in [1.82, 2.24) is 0 Å². The second-order valence-electron chi connectivity index (χ2n) is 3.71. The van der Waals surface area contributed by atoms with Crippen LogP contribution < -0.4 is 0 Å². The Balaban J connectivity index is 2.18. The van der Waals surface area contributed by atoms with Gasteiger partial charge in [-0.3, -0.25) is 10.1 Å². The number of hydrogen-bond acceptors (Lipinski definition) is 5. The molecule has 0 spiro atoms. The molecule has 0 bridgehead atoms. The van der Waals surface area contributed by atoms with Gasteiger partial charge in [0, 0.05) is 11.8 Å². The maximum Gasteiger partial charge on any atom is 0.371 e. The Labute approximate surface area is 122 Å². The van der Waals surface area contributed by atoms with E-state index < -0.39 is 10.9 Å². The molecule has 0 radical (unpaired) electrons. The fourth-order valence-corrected chi connectivity index (χ4v) is 2.74. The smallest absolute Gasteiger partial charge is 0.371 e. The summed E-state index contributed by atoms with van der Waals surface area (Å²) < 4.78 is 5.06. The largest absolute Gasteiger partial charge is 0.475 e. The summed E-state index contributed by atoms with van der Waals surface area (Å²) in [6.07, 6.45) is 0. The van der Waals surface area contributed by atoms with Gasteiger partial charge < -0.3 is 9.52 Å². The minimum Gasteiger partial charge on any atom is -0.475 e. The predicted molar refractivity (Wildman–Crippen MR) is 73.3 cm³/mol. The van der Waals surface area contributed by atoms with Crippen LogP contribution in [-0.4, -0.2) is 16.0 Å².